The van der Waals surface area contributed by atoms with Crippen molar-refractivity contribution in [1.29, 1.82) is 0 Å². The van der Waals surface area contributed by atoms with E-state index < -0.39 is 0 Å². The Morgan fingerprint density at radius 1 is 0.806 bits per heavy atom. The number of aromatic nitrogens is 2. The van der Waals surface area contributed by atoms with Crippen LogP contribution < -0.4 is 4.74 Å². The van der Waals surface area contributed by atoms with E-state index >= 15 is 0 Å². The third-order valence-corrected chi connectivity index (χ3v) is 6.90. The molecule has 1 aliphatic rings. The van der Waals surface area contributed by atoms with Gasteiger partial charge in [0.2, 0.25) is 0 Å². The molecule has 0 atom stereocenters. The quantitative estimate of drug-likeness (QED) is 0.181. The molecule has 0 saturated carbocycles. The first-order valence-electron chi connectivity index (χ1n) is 12.0. The van der Waals surface area contributed by atoms with Crippen molar-refractivity contribution in [3.8, 4) is 5.75 Å². The number of fused-ring (bicyclic) bond motifs is 7. The molecule has 180 valence electrons. The Bertz CT molecular complexity index is 1650. The lowest BCUT2D eigenvalue weighted by molar-refractivity contribution is 0.0902. The lowest BCUT2D eigenvalue weighted by Crippen LogP contribution is -2.51. The zero-order valence-corrected chi connectivity index (χ0v) is 20.6. The first kappa shape index (κ1) is 22.4. The molecule has 4 aromatic carbocycles. The molecule has 1 aromatic heterocycles. The summed E-state index contributed by atoms with van der Waals surface area (Å²) in [5, 5.41) is 4.86. The van der Waals surface area contributed by atoms with Crippen LogP contribution in [0.25, 0.3) is 43.6 Å². The van der Waals surface area contributed by atoms with E-state index in [1.807, 2.05) is 35.2 Å². The molecular weight excluding hydrogens is 472 g/mol. The summed E-state index contributed by atoms with van der Waals surface area (Å²) in [7, 11) is 0. The molecule has 6 rings (SSSR count). The SMILES string of the molecule is CCOC(=O)N1CCN(C(=S)Oc2ccc3nc4c5ccccc5c5ccccc5c4nc3c2)CC1. The molecule has 7 nitrogen and oxygen atoms in total. The fourth-order valence-electron chi connectivity index (χ4n) is 4.77. The van der Waals surface area contributed by atoms with Gasteiger partial charge in [0.05, 0.1) is 28.7 Å². The summed E-state index contributed by atoms with van der Waals surface area (Å²) in [5.74, 6) is 0.610. The number of amides is 1. The number of ether oxygens (including phenoxy) is 2. The van der Waals surface area contributed by atoms with E-state index in [1.54, 1.807) is 11.8 Å². The highest BCUT2D eigenvalue weighted by Crippen LogP contribution is 2.34. The summed E-state index contributed by atoms with van der Waals surface area (Å²) in [5.41, 5.74) is 3.30. The second-order valence-electron chi connectivity index (χ2n) is 8.70. The zero-order valence-electron chi connectivity index (χ0n) is 19.8. The summed E-state index contributed by atoms with van der Waals surface area (Å²) in [6, 6.07) is 22.3. The van der Waals surface area contributed by atoms with Gasteiger partial charge in [-0.1, -0.05) is 48.5 Å². The summed E-state index contributed by atoms with van der Waals surface area (Å²) < 4.78 is 11.1. The number of hydrogen-bond donors (Lipinski definition) is 0. The molecule has 0 aliphatic carbocycles. The zero-order chi connectivity index (χ0) is 24.6. The van der Waals surface area contributed by atoms with Gasteiger partial charge in [0.15, 0.2) is 0 Å². The highest BCUT2D eigenvalue weighted by Gasteiger charge is 2.24. The number of rotatable bonds is 2. The van der Waals surface area contributed by atoms with Crippen LogP contribution in [-0.2, 0) is 4.74 Å². The van der Waals surface area contributed by atoms with Crippen LogP contribution in [0.15, 0.2) is 66.7 Å². The molecule has 1 fully saturated rings. The Balaban J connectivity index is 1.31. The highest BCUT2D eigenvalue weighted by molar-refractivity contribution is 7.80. The number of hydrogen-bond acceptors (Lipinski definition) is 6. The van der Waals surface area contributed by atoms with Crippen LogP contribution >= 0.6 is 12.2 Å². The normalized spacial score (nSPS) is 14.0. The summed E-state index contributed by atoms with van der Waals surface area (Å²) in [6.07, 6.45) is -0.287. The van der Waals surface area contributed by atoms with Gasteiger partial charge in [-0.2, -0.15) is 0 Å². The molecular formula is C28H24N4O3S. The third kappa shape index (κ3) is 3.93. The first-order chi connectivity index (χ1) is 17.6. The molecule has 0 spiro atoms. The minimum Gasteiger partial charge on any atom is -0.450 e. The average Bonchev–Trinajstić information content (AvgIpc) is 2.92. The fourth-order valence-corrected chi connectivity index (χ4v) is 5.05. The fraction of sp³-hybridized carbons (Fsp3) is 0.214. The largest absolute Gasteiger partial charge is 0.450 e. The first-order valence-corrected chi connectivity index (χ1v) is 12.4. The van der Waals surface area contributed by atoms with Gasteiger partial charge in [-0.15, -0.1) is 0 Å². The van der Waals surface area contributed by atoms with Crippen molar-refractivity contribution >= 4 is 67.1 Å². The number of carbonyl (C=O) groups excluding carboxylic acids is 1. The molecule has 0 unspecified atom stereocenters. The van der Waals surface area contributed by atoms with Gasteiger partial charge in [-0.05, 0) is 42.0 Å². The Kier molecular flexibility index (Phi) is 5.73. The summed E-state index contributed by atoms with van der Waals surface area (Å²) >= 11 is 5.56. The van der Waals surface area contributed by atoms with Crippen molar-refractivity contribution in [3.05, 3.63) is 66.7 Å². The number of piperazine rings is 1. The molecule has 0 N–H and O–H groups in total. The van der Waals surface area contributed by atoms with E-state index in [4.69, 9.17) is 31.7 Å². The third-order valence-electron chi connectivity index (χ3n) is 6.56. The topological polar surface area (TPSA) is 67.8 Å². The second-order valence-corrected chi connectivity index (χ2v) is 9.05. The van der Waals surface area contributed by atoms with Crippen molar-refractivity contribution in [2.45, 2.75) is 6.92 Å². The number of thiocarbonyl (C=S) groups is 1. The second kappa shape index (κ2) is 9.20. The number of benzene rings is 4. The molecule has 1 aliphatic heterocycles. The van der Waals surface area contributed by atoms with E-state index in [0.717, 1.165) is 38.2 Å². The highest BCUT2D eigenvalue weighted by atomic mass is 32.1. The van der Waals surface area contributed by atoms with Gasteiger partial charge >= 0.3 is 6.09 Å². The van der Waals surface area contributed by atoms with Crippen LogP contribution in [0.1, 0.15) is 6.92 Å². The lowest BCUT2D eigenvalue weighted by Gasteiger charge is -2.34. The predicted octanol–water partition coefficient (Wildman–Crippen LogP) is 5.53. The van der Waals surface area contributed by atoms with Crippen LogP contribution in [0.2, 0.25) is 0 Å². The molecule has 5 aromatic rings. The molecule has 8 heteroatoms. The van der Waals surface area contributed by atoms with E-state index in [0.29, 0.717) is 43.7 Å². The minimum atomic E-state index is -0.287. The monoisotopic (exact) mass is 496 g/mol. The lowest BCUT2D eigenvalue weighted by atomic mass is 9.99. The van der Waals surface area contributed by atoms with Crippen molar-refractivity contribution < 1.29 is 14.3 Å². The maximum Gasteiger partial charge on any atom is 0.409 e. The van der Waals surface area contributed by atoms with Gasteiger partial charge in [0.25, 0.3) is 5.17 Å². The van der Waals surface area contributed by atoms with Gasteiger partial charge in [-0.25, -0.2) is 14.8 Å². The van der Waals surface area contributed by atoms with Crippen LogP contribution in [0.3, 0.4) is 0 Å². The van der Waals surface area contributed by atoms with Gasteiger partial charge < -0.3 is 19.3 Å². The average molecular weight is 497 g/mol. The maximum atomic E-state index is 11.9. The van der Waals surface area contributed by atoms with Crippen molar-refractivity contribution in [2.24, 2.45) is 0 Å². The molecule has 0 radical (unpaired) electrons. The van der Waals surface area contributed by atoms with Gasteiger partial charge in [-0.3, -0.25) is 0 Å². The van der Waals surface area contributed by atoms with Gasteiger partial charge in [0, 0.05) is 43.0 Å². The van der Waals surface area contributed by atoms with E-state index in [1.165, 1.54) is 5.39 Å². The number of carbonyl (C=O) groups is 1. The van der Waals surface area contributed by atoms with E-state index in [-0.39, 0.29) is 6.09 Å². The van der Waals surface area contributed by atoms with Crippen molar-refractivity contribution in [1.82, 2.24) is 19.8 Å². The summed E-state index contributed by atoms with van der Waals surface area (Å²) in [6.45, 7) is 4.44. The van der Waals surface area contributed by atoms with Gasteiger partial charge in [0.1, 0.15) is 5.75 Å². The Morgan fingerprint density at radius 2 is 1.36 bits per heavy atom. The van der Waals surface area contributed by atoms with Crippen LogP contribution in [0.4, 0.5) is 4.79 Å². The molecule has 1 amide bonds. The molecule has 0 bridgehead atoms. The number of nitrogens with zero attached hydrogens (tertiary/aromatic N) is 4. The van der Waals surface area contributed by atoms with E-state index in [9.17, 15) is 4.79 Å². The van der Waals surface area contributed by atoms with Crippen LogP contribution in [0, 0.1) is 0 Å². The smallest absolute Gasteiger partial charge is 0.409 e. The van der Waals surface area contributed by atoms with E-state index in [2.05, 4.69) is 36.4 Å². The Labute approximate surface area is 213 Å². The standard InChI is InChI=1S/C28H24N4O3S/c1-2-34-27(33)31-13-15-32(16-14-31)28(36)35-18-11-12-23-24(17-18)30-26-22-10-6-4-8-20(22)19-7-3-5-9-21(19)25(26)29-23/h3-12,17H,2,13-16H2,1H3. The Morgan fingerprint density at radius 3 is 1.97 bits per heavy atom. The predicted molar refractivity (Wildman–Crippen MR) is 145 cm³/mol. The molecule has 2 heterocycles. The van der Waals surface area contributed by atoms with Crippen molar-refractivity contribution in [2.75, 3.05) is 32.8 Å². The van der Waals surface area contributed by atoms with Crippen LogP contribution in [0.5, 0.6) is 5.75 Å². The molecule has 1 saturated heterocycles. The minimum absolute atomic E-state index is 0.287. The summed E-state index contributed by atoms with van der Waals surface area (Å²) in [4.78, 5) is 25.6. The maximum absolute atomic E-state index is 11.9. The molecule has 36 heavy (non-hydrogen) atoms. The van der Waals surface area contributed by atoms with Crippen molar-refractivity contribution in [3.63, 3.8) is 0 Å². The van der Waals surface area contributed by atoms with Crippen LogP contribution in [-0.4, -0.2) is 63.8 Å². The Hall–Kier alpha value is -4.04.